The summed E-state index contributed by atoms with van der Waals surface area (Å²) in [6, 6.07) is 17.9. The summed E-state index contributed by atoms with van der Waals surface area (Å²) in [4.78, 5) is 56.3. The molecule has 0 saturated heterocycles. The van der Waals surface area contributed by atoms with Crippen LogP contribution in [0.15, 0.2) is 84.0 Å². The zero-order valence-corrected chi connectivity index (χ0v) is 54.7. The van der Waals surface area contributed by atoms with Crippen molar-refractivity contribution < 1.29 is 28.7 Å². The lowest BCUT2D eigenvalue weighted by atomic mass is 9.47. The van der Waals surface area contributed by atoms with Crippen LogP contribution in [0.4, 0.5) is 0 Å². The van der Waals surface area contributed by atoms with Gasteiger partial charge in [-0.15, -0.1) is 0 Å². The van der Waals surface area contributed by atoms with E-state index in [1.165, 1.54) is 101 Å². The van der Waals surface area contributed by atoms with Gasteiger partial charge in [-0.25, -0.2) is 9.59 Å². The van der Waals surface area contributed by atoms with Gasteiger partial charge >= 0.3 is 11.9 Å². The van der Waals surface area contributed by atoms with E-state index in [-0.39, 0.29) is 54.1 Å². The SMILES string of the molecule is CC(C)CCC[C@@H](C)[C@H]1CC[C@H]2[C@@H]3CC=C4C[C@@H](OC(=O)[C@H](Cc5ccccc5)NC(=O)CCCC(=O)N[C@@H](Cc5ccccc5)C(=O)O[C@H]5CC[C@@]6(C)C(=CC[C@H]7[C@@H]8CC[C@H]([C@H](C)CCCC(C)C)[C@@]8(C)CC[C@@H]76)C5)CC[C@]4(C)[C@H]3CC[C@]12C. The molecule has 2 amide bonds. The van der Waals surface area contributed by atoms with Gasteiger partial charge in [-0.3, -0.25) is 9.59 Å². The molecule has 0 aliphatic heterocycles. The Hall–Kier alpha value is -4.20. The first-order chi connectivity index (χ1) is 40.7. The highest BCUT2D eigenvalue weighted by molar-refractivity contribution is 5.86. The first-order valence-electron chi connectivity index (χ1n) is 35.1. The molecule has 8 aliphatic carbocycles. The van der Waals surface area contributed by atoms with Gasteiger partial charge in [-0.1, -0.05) is 192 Å². The van der Waals surface area contributed by atoms with E-state index in [1.807, 2.05) is 60.7 Å². The molecule has 2 N–H and O–H groups in total. The maximum absolute atomic E-state index is 14.3. The zero-order chi connectivity index (χ0) is 60.3. The molecule has 0 radical (unpaired) electrons. The highest BCUT2D eigenvalue weighted by Gasteiger charge is 2.61. The number of rotatable bonds is 24. The van der Waals surface area contributed by atoms with Crippen molar-refractivity contribution in [3.8, 4) is 0 Å². The maximum atomic E-state index is 14.3. The molecule has 8 heteroatoms. The van der Waals surface area contributed by atoms with Crippen LogP contribution in [-0.4, -0.2) is 48.0 Å². The molecule has 0 aromatic heterocycles. The van der Waals surface area contributed by atoms with Crippen LogP contribution in [0.25, 0.3) is 0 Å². The molecule has 0 spiro atoms. The van der Waals surface area contributed by atoms with Crippen LogP contribution in [0.5, 0.6) is 0 Å². The summed E-state index contributed by atoms with van der Waals surface area (Å²) in [5.41, 5.74) is 6.02. The number of carbonyl (C=O) groups is 4. The standard InChI is InChI=1S/C77H114N2O6/c1-50(2)20-17-22-52(5)62-34-36-64-60-32-30-56-48-58(38-42-74(56,7)66(60)40-44-76(62,64)9)84-72(82)68(46-54-24-13-11-14-25-54)78-70(80)28-19-29-71(81)79-69(47-55-26-15-12-16-27-55)73(83)85-59-39-43-75(8)57(49-59)31-33-61-65-37-35-63(53(6)23-18-21-51(3)4)77(65,10)45-41-67(61)75/h11-16,24-27,30-31,50-53,58-69H,17-23,28-29,32-49H2,1-10H3,(H,78,80)(H,79,81)/t52-,53-,58+,59+,60+,61+,62-,63-,64+,65+,66+,67+,68+,69+,74+,75+,76-,77-/m1/s1. The van der Waals surface area contributed by atoms with Gasteiger partial charge < -0.3 is 20.1 Å². The Morgan fingerprint density at radius 1 is 0.482 bits per heavy atom. The number of hydrogen-bond acceptors (Lipinski definition) is 6. The molecule has 10 rings (SSSR count). The fraction of sp³-hybridized carbons (Fsp3) is 0.740. The molecular weight excluding hydrogens is 1050 g/mol. The van der Waals surface area contributed by atoms with Crippen LogP contribution in [0.1, 0.15) is 241 Å². The van der Waals surface area contributed by atoms with Crippen molar-refractivity contribution in [2.24, 2.45) is 92.7 Å². The Labute approximate surface area is 515 Å². The summed E-state index contributed by atoms with van der Waals surface area (Å²) < 4.78 is 12.9. The Balaban J connectivity index is 0.714. The summed E-state index contributed by atoms with van der Waals surface area (Å²) in [6.45, 7) is 24.9. The van der Waals surface area contributed by atoms with Gasteiger partial charge in [-0.2, -0.15) is 0 Å². The highest BCUT2D eigenvalue weighted by Crippen LogP contribution is 2.69. The summed E-state index contributed by atoms with van der Waals surface area (Å²) in [5, 5.41) is 6.09. The van der Waals surface area contributed by atoms with Crippen molar-refractivity contribution in [1.29, 1.82) is 0 Å². The van der Waals surface area contributed by atoms with Crippen LogP contribution in [-0.2, 0) is 41.5 Å². The second kappa shape index (κ2) is 27.3. The molecule has 8 nitrogen and oxygen atoms in total. The Bertz CT molecular complexity index is 2480. The van der Waals surface area contributed by atoms with Gasteiger partial charge in [0.15, 0.2) is 0 Å². The monoisotopic (exact) mass is 1160 g/mol. The third-order valence-electron chi connectivity index (χ3n) is 25.7. The number of amides is 2. The van der Waals surface area contributed by atoms with E-state index in [1.54, 1.807) is 0 Å². The van der Waals surface area contributed by atoms with E-state index in [0.717, 1.165) is 122 Å². The molecular formula is C77H114N2O6. The Morgan fingerprint density at radius 3 is 1.27 bits per heavy atom. The fourth-order valence-corrected chi connectivity index (χ4v) is 21.0. The van der Waals surface area contributed by atoms with E-state index in [9.17, 15) is 19.2 Å². The molecule has 0 bridgehead atoms. The first-order valence-corrected chi connectivity index (χ1v) is 35.1. The molecule has 2 aromatic rings. The van der Waals surface area contributed by atoms with Crippen molar-refractivity contribution in [2.45, 2.75) is 267 Å². The average molecular weight is 1160 g/mol. The van der Waals surface area contributed by atoms with Gasteiger partial charge in [0.2, 0.25) is 11.8 Å². The molecule has 6 saturated carbocycles. The van der Waals surface area contributed by atoms with E-state index in [2.05, 4.69) is 92.0 Å². The van der Waals surface area contributed by atoms with Gasteiger partial charge in [0.25, 0.3) is 0 Å². The molecule has 468 valence electrons. The molecule has 85 heavy (non-hydrogen) atoms. The predicted octanol–water partition coefficient (Wildman–Crippen LogP) is 17.5. The molecule has 0 unspecified atom stereocenters. The summed E-state index contributed by atoms with van der Waals surface area (Å²) in [7, 11) is 0. The van der Waals surface area contributed by atoms with Gasteiger partial charge in [-0.05, 0) is 200 Å². The molecule has 18 atom stereocenters. The average Bonchev–Trinajstić information content (AvgIpc) is 1.78. The van der Waals surface area contributed by atoms with Crippen LogP contribution >= 0.6 is 0 Å². The van der Waals surface area contributed by atoms with Gasteiger partial charge in [0, 0.05) is 38.5 Å². The minimum Gasteiger partial charge on any atom is -0.461 e. The summed E-state index contributed by atoms with van der Waals surface area (Å²) in [5.74, 6) is 7.89. The largest absolute Gasteiger partial charge is 0.461 e. The molecule has 6 fully saturated rings. The molecule has 8 aliphatic rings. The number of allylic oxidation sites excluding steroid dienone is 2. The normalized spacial score (nSPS) is 35.2. The summed E-state index contributed by atoms with van der Waals surface area (Å²) in [6.07, 6.45) is 32.2. The number of hydrogen-bond donors (Lipinski definition) is 2. The van der Waals surface area contributed by atoms with E-state index < -0.39 is 24.0 Å². The van der Waals surface area contributed by atoms with Crippen LogP contribution < -0.4 is 10.6 Å². The van der Waals surface area contributed by atoms with E-state index in [4.69, 9.17) is 9.47 Å². The lowest BCUT2D eigenvalue weighted by Gasteiger charge is -2.58. The number of fused-ring (bicyclic) bond motifs is 10. The van der Waals surface area contributed by atoms with Gasteiger partial charge in [0.05, 0.1) is 0 Å². The van der Waals surface area contributed by atoms with Crippen LogP contribution in [0.3, 0.4) is 0 Å². The minimum atomic E-state index is -0.856. The van der Waals surface area contributed by atoms with Crippen LogP contribution in [0, 0.1) is 92.7 Å². The second-order valence-corrected chi connectivity index (χ2v) is 31.7. The van der Waals surface area contributed by atoms with Crippen molar-refractivity contribution in [3.63, 3.8) is 0 Å². The smallest absolute Gasteiger partial charge is 0.329 e. The number of carbonyl (C=O) groups excluding carboxylic acids is 4. The second-order valence-electron chi connectivity index (χ2n) is 31.7. The van der Waals surface area contributed by atoms with E-state index in [0.29, 0.717) is 35.5 Å². The number of nitrogens with one attached hydrogen (secondary N) is 2. The van der Waals surface area contributed by atoms with Crippen molar-refractivity contribution >= 4 is 23.8 Å². The van der Waals surface area contributed by atoms with Crippen molar-refractivity contribution in [3.05, 3.63) is 95.1 Å². The van der Waals surface area contributed by atoms with Crippen LogP contribution in [0.2, 0.25) is 0 Å². The third-order valence-corrected chi connectivity index (χ3v) is 25.7. The molecule has 2 aromatic carbocycles. The van der Waals surface area contributed by atoms with E-state index >= 15 is 0 Å². The maximum Gasteiger partial charge on any atom is 0.329 e. The third kappa shape index (κ3) is 14.0. The first kappa shape index (κ1) is 63.8. The lowest BCUT2D eigenvalue weighted by Crippen LogP contribution is -2.51. The Morgan fingerprint density at radius 2 is 0.882 bits per heavy atom. The number of ether oxygens (including phenoxy) is 2. The predicted molar refractivity (Wildman–Crippen MR) is 344 cm³/mol. The van der Waals surface area contributed by atoms with Crippen molar-refractivity contribution in [2.75, 3.05) is 0 Å². The number of esters is 2. The fourth-order valence-electron chi connectivity index (χ4n) is 21.0. The minimum absolute atomic E-state index is 0.0603. The summed E-state index contributed by atoms with van der Waals surface area (Å²) >= 11 is 0. The van der Waals surface area contributed by atoms with Gasteiger partial charge in [0.1, 0.15) is 24.3 Å². The van der Waals surface area contributed by atoms with Crippen molar-refractivity contribution in [1.82, 2.24) is 10.6 Å². The topological polar surface area (TPSA) is 111 Å². The quantitative estimate of drug-likeness (QED) is 0.0800. The molecule has 0 heterocycles. The number of benzene rings is 2. The Kier molecular flexibility index (Phi) is 20.5. The highest BCUT2D eigenvalue weighted by atomic mass is 16.5. The zero-order valence-electron chi connectivity index (χ0n) is 54.7. The lowest BCUT2D eigenvalue weighted by molar-refractivity contribution is -0.155.